The van der Waals surface area contributed by atoms with E-state index in [1.807, 2.05) is 0 Å². The second-order valence-electron chi connectivity index (χ2n) is 4.25. The maximum absolute atomic E-state index is 10.2. The van der Waals surface area contributed by atoms with Crippen LogP contribution in [-0.4, -0.2) is 53.2 Å². The third kappa shape index (κ3) is 0.701. The quantitative estimate of drug-likeness (QED) is 0.418. The summed E-state index contributed by atoms with van der Waals surface area (Å²) in [5.74, 6) is 0. The maximum atomic E-state index is 10.2. The first kappa shape index (κ1) is 7.43. The number of halogens is 1. The van der Waals surface area contributed by atoms with Crippen molar-refractivity contribution in [2.24, 2.45) is 0 Å². The summed E-state index contributed by atoms with van der Waals surface area (Å²) >= 11 is 6.15. The van der Waals surface area contributed by atoms with Gasteiger partial charge >= 0.3 is 0 Å². The minimum Gasteiger partial charge on any atom is -0.382 e. The Morgan fingerprint density at radius 2 is 1.85 bits per heavy atom. The monoisotopic (exact) mass is 204 g/mol. The predicted octanol–water partition coefficient (Wildman–Crippen LogP) is -0.728. The first-order valence-corrected chi connectivity index (χ1v) is 4.94. The van der Waals surface area contributed by atoms with Crippen molar-refractivity contribution in [2.45, 2.75) is 41.5 Å². The molecule has 1 N–H and O–H groups in total. The third-order valence-corrected chi connectivity index (χ3v) is 3.99. The Morgan fingerprint density at radius 3 is 2.69 bits per heavy atom. The average Bonchev–Trinajstić information content (AvgIpc) is 2.94. The van der Waals surface area contributed by atoms with E-state index in [2.05, 4.69) is 0 Å². The first-order valence-electron chi connectivity index (χ1n) is 4.51. The zero-order valence-corrected chi connectivity index (χ0v) is 7.48. The second-order valence-corrected chi connectivity index (χ2v) is 4.76. The molecule has 5 aliphatic rings. The van der Waals surface area contributed by atoms with Crippen molar-refractivity contribution >= 4 is 11.6 Å². The minimum atomic E-state index is -0.935. The summed E-state index contributed by atoms with van der Waals surface area (Å²) < 4.78 is 16.2. The molecule has 0 aromatic heterocycles. The molecule has 1 saturated carbocycles. The topological polar surface area (TPSA) is 54.5 Å². The maximum Gasteiger partial charge on any atom is 0.145 e. The van der Waals surface area contributed by atoms with Gasteiger partial charge in [0.2, 0.25) is 0 Å². The van der Waals surface area contributed by atoms with Crippen LogP contribution in [0, 0.1) is 0 Å². The molecular formula is C8H9ClO4. The van der Waals surface area contributed by atoms with E-state index in [0.717, 1.165) is 0 Å². The lowest BCUT2D eigenvalue weighted by molar-refractivity contribution is -0.109. The van der Waals surface area contributed by atoms with Crippen molar-refractivity contribution in [1.82, 2.24) is 0 Å². The summed E-state index contributed by atoms with van der Waals surface area (Å²) in [5, 5.41) is 10.0. The van der Waals surface area contributed by atoms with Gasteiger partial charge in [-0.25, -0.2) is 0 Å². The molecule has 5 heteroatoms. The van der Waals surface area contributed by atoms with Crippen molar-refractivity contribution in [3.05, 3.63) is 0 Å². The van der Waals surface area contributed by atoms with E-state index in [9.17, 15) is 5.11 Å². The summed E-state index contributed by atoms with van der Waals surface area (Å²) in [4.78, 5) is 0. The van der Waals surface area contributed by atoms with Crippen LogP contribution < -0.4 is 0 Å². The molecule has 5 rings (SSSR count). The van der Waals surface area contributed by atoms with Crippen molar-refractivity contribution in [2.75, 3.05) is 6.61 Å². The molecule has 13 heavy (non-hydrogen) atoms. The highest BCUT2D eigenvalue weighted by atomic mass is 35.5. The SMILES string of the molecule is O[C@@]12CO[C@@H]([C@H](Cl)[C@H]3O[C@H]31)[C@@H]1O[C@@H]12. The molecule has 0 unspecified atom stereocenters. The summed E-state index contributed by atoms with van der Waals surface area (Å²) in [7, 11) is 0. The number of fused-ring (bicyclic) bond motifs is 1. The molecular weight excluding hydrogens is 196 g/mol. The van der Waals surface area contributed by atoms with Crippen LogP contribution in [0.3, 0.4) is 0 Å². The highest BCUT2D eigenvalue weighted by Crippen LogP contribution is 2.55. The molecule has 0 spiro atoms. The van der Waals surface area contributed by atoms with Gasteiger partial charge in [-0.15, -0.1) is 11.6 Å². The van der Waals surface area contributed by atoms with E-state index in [1.54, 1.807) is 0 Å². The minimum absolute atomic E-state index is 0.00218. The van der Waals surface area contributed by atoms with Crippen LogP contribution in [0.4, 0.5) is 0 Å². The molecule has 2 bridgehead atoms. The van der Waals surface area contributed by atoms with Gasteiger partial charge in [-0.2, -0.15) is 0 Å². The first-order chi connectivity index (χ1) is 6.22. The lowest BCUT2D eigenvalue weighted by Gasteiger charge is -2.29. The summed E-state index contributed by atoms with van der Waals surface area (Å²) in [6, 6.07) is 0. The number of ether oxygens (including phenoxy) is 3. The van der Waals surface area contributed by atoms with Gasteiger partial charge in [0.1, 0.15) is 36.1 Å². The molecule has 72 valence electrons. The van der Waals surface area contributed by atoms with Crippen LogP contribution in [0.1, 0.15) is 0 Å². The molecule has 7 atom stereocenters. The van der Waals surface area contributed by atoms with Crippen LogP contribution in [0.15, 0.2) is 0 Å². The number of alkyl halides is 1. The standard InChI is InChI=1S/C8H9ClO4/c9-2-3-5-7(13-5)8(10,1-11-3)6-4(2)12-6/h2-7,10H,1H2/t2-,3-,4+,5-,6+,7-,8-/m0/s1. The molecule has 5 fully saturated rings. The number of rotatable bonds is 0. The van der Waals surface area contributed by atoms with Crippen LogP contribution in [-0.2, 0) is 14.2 Å². The second kappa shape index (κ2) is 1.90. The van der Waals surface area contributed by atoms with Crippen LogP contribution in [0.2, 0.25) is 0 Å². The highest BCUT2D eigenvalue weighted by molar-refractivity contribution is 6.21. The number of hydrogen-bond acceptors (Lipinski definition) is 4. The summed E-state index contributed by atoms with van der Waals surface area (Å²) in [6.07, 6.45) is -0.403. The van der Waals surface area contributed by atoms with Gasteiger partial charge in [-0.1, -0.05) is 0 Å². The Bertz CT molecular complexity index is 283. The molecule has 0 amide bonds. The van der Waals surface area contributed by atoms with Gasteiger partial charge in [0.25, 0.3) is 0 Å². The highest BCUT2D eigenvalue weighted by Gasteiger charge is 2.76. The van der Waals surface area contributed by atoms with E-state index >= 15 is 0 Å². The Kier molecular flexibility index (Phi) is 1.08. The molecule has 0 aromatic rings. The zero-order valence-electron chi connectivity index (χ0n) is 6.72. The summed E-state index contributed by atoms with van der Waals surface area (Å²) in [6.45, 7) is 0.295. The normalized spacial score (nSPS) is 72.5. The van der Waals surface area contributed by atoms with Gasteiger partial charge in [0.05, 0.1) is 12.0 Å². The zero-order chi connectivity index (χ0) is 8.79. The average molecular weight is 205 g/mol. The summed E-state index contributed by atoms with van der Waals surface area (Å²) in [5.41, 5.74) is -0.935. The fraction of sp³-hybridized carbons (Fsp3) is 1.00. The van der Waals surface area contributed by atoms with Gasteiger partial charge < -0.3 is 19.3 Å². The van der Waals surface area contributed by atoms with Crippen LogP contribution in [0.5, 0.6) is 0 Å². The van der Waals surface area contributed by atoms with Crippen molar-refractivity contribution in [1.29, 1.82) is 0 Å². The molecule has 4 heterocycles. The largest absolute Gasteiger partial charge is 0.382 e. The van der Waals surface area contributed by atoms with E-state index in [4.69, 9.17) is 25.8 Å². The smallest absolute Gasteiger partial charge is 0.145 e. The van der Waals surface area contributed by atoms with E-state index in [0.29, 0.717) is 6.61 Å². The van der Waals surface area contributed by atoms with Crippen LogP contribution in [0.25, 0.3) is 0 Å². The lowest BCUT2D eigenvalue weighted by Crippen LogP contribution is -2.51. The molecule has 4 aliphatic heterocycles. The fourth-order valence-electron chi connectivity index (χ4n) is 2.65. The Balaban J connectivity index is 1.83. The Labute approximate surface area is 79.7 Å². The predicted molar refractivity (Wildman–Crippen MR) is 41.7 cm³/mol. The molecule has 4 nitrogen and oxygen atoms in total. The fourth-order valence-corrected chi connectivity index (χ4v) is 3.06. The van der Waals surface area contributed by atoms with Gasteiger partial charge in [-0.3, -0.25) is 0 Å². The molecule has 0 aromatic carbocycles. The van der Waals surface area contributed by atoms with Gasteiger partial charge in [-0.05, 0) is 0 Å². The lowest BCUT2D eigenvalue weighted by atomic mass is 9.93. The van der Waals surface area contributed by atoms with E-state index in [-0.39, 0.29) is 35.9 Å². The van der Waals surface area contributed by atoms with Gasteiger partial charge in [0, 0.05) is 0 Å². The Morgan fingerprint density at radius 1 is 1.15 bits per heavy atom. The third-order valence-electron chi connectivity index (χ3n) is 3.49. The molecule has 0 radical (unpaired) electrons. The number of epoxide rings is 2. The number of aliphatic hydroxyl groups is 1. The number of hydrogen-bond donors (Lipinski definition) is 1. The Hall–Kier alpha value is 0.130. The van der Waals surface area contributed by atoms with Gasteiger partial charge in [0.15, 0.2) is 0 Å². The van der Waals surface area contributed by atoms with Crippen LogP contribution >= 0.6 is 11.6 Å². The van der Waals surface area contributed by atoms with Crippen molar-refractivity contribution < 1.29 is 19.3 Å². The molecule has 1 aliphatic carbocycles. The van der Waals surface area contributed by atoms with E-state index in [1.165, 1.54) is 0 Å². The van der Waals surface area contributed by atoms with E-state index < -0.39 is 5.60 Å². The van der Waals surface area contributed by atoms with Crippen molar-refractivity contribution in [3.63, 3.8) is 0 Å². The molecule has 4 saturated heterocycles. The van der Waals surface area contributed by atoms with Crippen molar-refractivity contribution in [3.8, 4) is 0 Å².